The van der Waals surface area contributed by atoms with Crippen molar-refractivity contribution in [1.82, 2.24) is 5.32 Å². The van der Waals surface area contributed by atoms with Crippen LogP contribution in [-0.2, 0) is 9.53 Å². The molecule has 1 amide bonds. The van der Waals surface area contributed by atoms with E-state index in [4.69, 9.17) is 14.9 Å². The number of aryl methyl sites for hydroxylation is 1. The molecule has 0 aliphatic carbocycles. The number of hydrogen-bond donors (Lipinski definition) is 2. The van der Waals surface area contributed by atoms with Gasteiger partial charge in [0.05, 0.1) is 12.6 Å². The van der Waals surface area contributed by atoms with Gasteiger partial charge in [0.1, 0.15) is 17.6 Å². The van der Waals surface area contributed by atoms with E-state index >= 15 is 0 Å². The molecule has 2 unspecified atom stereocenters. The summed E-state index contributed by atoms with van der Waals surface area (Å²) in [7, 11) is 1.51. The van der Waals surface area contributed by atoms with Gasteiger partial charge < -0.3 is 20.2 Å². The Morgan fingerprint density at radius 2 is 2.31 bits per heavy atom. The molecule has 0 saturated heterocycles. The van der Waals surface area contributed by atoms with E-state index in [1.165, 1.54) is 7.11 Å². The zero-order chi connectivity index (χ0) is 12.1. The zero-order valence-corrected chi connectivity index (χ0v) is 9.82. The largest absolute Gasteiger partial charge is 0.464 e. The molecule has 1 aromatic heterocycles. The van der Waals surface area contributed by atoms with Crippen LogP contribution in [0.3, 0.4) is 0 Å². The number of carbonyl (C=O) groups excluding carboxylic acids is 1. The number of nitrogens with two attached hydrogens (primary N) is 1. The summed E-state index contributed by atoms with van der Waals surface area (Å²) in [5.74, 6) is 1.29. The Hall–Kier alpha value is -1.33. The van der Waals surface area contributed by atoms with Crippen LogP contribution in [0.5, 0.6) is 0 Å². The van der Waals surface area contributed by atoms with Crippen molar-refractivity contribution < 1.29 is 13.9 Å². The van der Waals surface area contributed by atoms with Gasteiger partial charge in [-0.15, -0.1) is 0 Å². The second-order valence-electron chi connectivity index (χ2n) is 3.74. The third-order valence-corrected chi connectivity index (χ3v) is 2.23. The molecule has 3 N–H and O–H groups in total. The molecule has 2 atom stereocenters. The number of ether oxygens (including phenoxy) is 1. The van der Waals surface area contributed by atoms with Crippen LogP contribution in [0.2, 0.25) is 0 Å². The molecule has 5 nitrogen and oxygen atoms in total. The van der Waals surface area contributed by atoms with Gasteiger partial charge in [-0.25, -0.2) is 0 Å². The highest BCUT2D eigenvalue weighted by Crippen LogP contribution is 2.15. The Bertz CT molecular complexity index is 349. The summed E-state index contributed by atoms with van der Waals surface area (Å²) in [5.41, 5.74) is 5.59. The van der Waals surface area contributed by atoms with Crippen LogP contribution in [0.25, 0.3) is 0 Å². The summed E-state index contributed by atoms with van der Waals surface area (Å²) in [6.07, 6.45) is 0. The van der Waals surface area contributed by atoms with Gasteiger partial charge in [0.25, 0.3) is 0 Å². The van der Waals surface area contributed by atoms with Crippen molar-refractivity contribution in [3.63, 3.8) is 0 Å². The summed E-state index contributed by atoms with van der Waals surface area (Å²) in [5, 5.41) is 2.76. The number of methoxy groups -OCH3 is 1. The molecule has 0 aliphatic rings. The quantitative estimate of drug-likeness (QED) is 0.776. The van der Waals surface area contributed by atoms with Crippen molar-refractivity contribution in [2.45, 2.75) is 25.9 Å². The minimum absolute atomic E-state index is 0.191. The molecule has 90 valence electrons. The van der Waals surface area contributed by atoms with Gasteiger partial charge in [0.2, 0.25) is 5.91 Å². The predicted molar refractivity (Wildman–Crippen MR) is 59.9 cm³/mol. The van der Waals surface area contributed by atoms with Gasteiger partial charge in [-0.1, -0.05) is 0 Å². The summed E-state index contributed by atoms with van der Waals surface area (Å²) >= 11 is 0. The smallest absolute Gasteiger partial charge is 0.239 e. The van der Waals surface area contributed by atoms with Crippen molar-refractivity contribution in [1.29, 1.82) is 0 Å². The lowest BCUT2D eigenvalue weighted by molar-refractivity contribution is -0.124. The molecule has 0 aliphatic heterocycles. The highest BCUT2D eigenvalue weighted by atomic mass is 16.5. The Balaban J connectivity index is 2.51. The molecule has 5 heteroatoms. The van der Waals surface area contributed by atoms with Crippen LogP contribution in [0, 0.1) is 6.92 Å². The van der Waals surface area contributed by atoms with Gasteiger partial charge >= 0.3 is 0 Å². The summed E-state index contributed by atoms with van der Waals surface area (Å²) < 4.78 is 10.2. The molecule has 0 spiro atoms. The summed E-state index contributed by atoms with van der Waals surface area (Å²) in [4.78, 5) is 11.6. The highest BCUT2D eigenvalue weighted by molar-refractivity contribution is 5.81. The number of nitrogens with one attached hydrogen (secondary N) is 1. The van der Waals surface area contributed by atoms with Gasteiger partial charge in [-0.05, 0) is 26.0 Å². The Labute approximate surface area is 94.9 Å². The summed E-state index contributed by atoms with van der Waals surface area (Å²) in [6.45, 7) is 3.90. The fourth-order valence-electron chi connectivity index (χ4n) is 1.33. The van der Waals surface area contributed by atoms with Gasteiger partial charge in [0, 0.05) is 7.11 Å². The molecule has 1 heterocycles. The Morgan fingerprint density at radius 1 is 1.62 bits per heavy atom. The Kier molecular flexibility index (Phi) is 4.52. The number of rotatable bonds is 5. The number of hydrogen-bond acceptors (Lipinski definition) is 4. The van der Waals surface area contributed by atoms with Crippen molar-refractivity contribution in [2.24, 2.45) is 5.73 Å². The topological polar surface area (TPSA) is 77.5 Å². The van der Waals surface area contributed by atoms with E-state index in [0.717, 1.165) is 11.5 Å². The number of carbonyl (C=O) groups is 1. The summed E-state index contributed by atoms with van der Waals surface area (Å²) in [6, 6.07) is 2.85. The lowest BCUT2D eigenvalue weighted by Crippen LogP contribution is -2.44. The lowest BCUT2D eigenvalue weighted by Gasteiger charge is -2.15. The second kappa shape index (κ2) is 5.67. The first-order valence-corrected chi connectivity index (χ1v) is 5.15. The molecule has 0 saturated carbocycles. The van der Waals surface area contributed by atoms with Crippen molar-refractivity contribution in [3.8, 4) is 0 Å². The molecule has 16 heavy (non-hydrogen) atoms. The normalized spacial score (nSPS) is 14.5. The lowest BCUT2D eigenvalue weighted by atomic mass is 10.2. The third-order valence-electron chi connectivity index (χ3n) is 2.23. The molecule has 1 aromatic rings. The van der Waals surface area contributed by atoms with Crippen LogP contribution < -0.4 is 11.1 Å². The maximum atomic E-state index is 11.6. The average Bonchev–Trinajstić information content (AvgIpc) is 2.65. The number of furan rings is 1. The molecular weight excluding hydrogens is 208 g/mol. The predicted octanol–water partition coefficient (Wildman–Crippen LogP) is 0.739. The molecule has 0 bridgehead atoms. The fraction of sp³-hybridized carbons (Fsp3) is 0.545. The van der Waals surface area contributed by atoms with E-state index in [1.54, 1.807) is 0 Å². The van der Waals surface area contributed by atoms with E-state index in [0.29, 0.717) is 0 Å². The van der Waals surface area contributed by atoms with Crippen molar-refractivity contribution in [3.05, 3.63) is 23.7 Å². The minimum atomic E-state index is -0.650. The maximum Gasteiger partial charge on any atom is 0.239 e. The van der Waals surface area contributed by atoms with Crippen molar-refractivity contribution in [2.75, 3.05) is 13.7 Å². The minimum Gasteiger partial charge on any atom is -0.464 e. The second-order valence-corrected chi connectivity index (χ2v) is 3.74. The molecule has 0 fully saturated rings. The monoisotopic (exact) mass is 226 g/mol. The van der Waals surface area contributed by atoms with E-state index in [2.05, 4.69) is 5.32 Å². The van der Waals surface area contributed by atoms with E-state index in [9.17, 15) is 4.79 Å². The molecule has 1 rings (SSSR count). The van der Waals surface area contributed by atoms with E-state index < -0.39 is 6.04 Å². The van der Waals surface area contributed by atoms with Crippen LogP contribution in [0.1, 0.15) is 24.5 Å². The molecule has 0 radical (unpaired) electrons. The van der Waals surface area contributed by atoms with Gasteiger partial charge in [-0.2, -0.15) is 0 Å². The van der Waals surface area contributed by atoms with E-state index in [1.807, 2.05) is 26.0 Å². The van der Waals surface area contributed by atoms with Crippen LogP contribution in [-0.4, -0.2) is 25.7 Å². The number of amides is 1. The van der Waals surface area contributed by atoms with Crippen LogP contribution >= 0.6 is 0 Å². The highest BCUT2D eigenvalue weighted by Gasteiger charge is 2.17. The average molecular weight is 226 g/mol. The van der Waals surface area contributed by atoms with Crippen molar-refractivity contribution >= 4 is 5.91 Å². The zero-order valence-electron chi connectivity index (χ0n) is 9.82. The molecular formula is C11H18N2O3. The van der Waals surface area contributed by atoms with E-state index in [-0.39, 0.29) is 18.6 Å². The maximum absolute atomic E-state index is 11.6. The van der Waals surface area contributed by atoms with Crippen LogP contribution in [0.4, 0.5) is 0 Å². The first kappa shape index (κ1) is 12.7. The fourth-order valence-corrected chi connectivity index (χ4v) is 1.33. The van der Waals surface area contributed by atoms with Gasteiger partial charge in [0.15, 0.2) is 0 Å². The first-order valence-electron chi connectivity index (χ1n) is 5.15. The first-order chi connectivity index (χ1) is 7.54. The Morgan fingerprint density at radius 3 is 2.81 bits per heavy atom. The third kappa shape index (κ3) is 3.36. The molecule has 0 aromatic carbocycles. The van der Waals surface area contributed by atoms with Crippen LogP contribution in [0.15, 0.2) is 16.5 Å². The SMILES string of the molecule is COCC(N)C(=O)NC(C)c1ccc(C)o1. The van der Waals surface area contributed by atoms with Gasteiger partial charge in [-0.3, -0.25) is 4.79 Å². The standard InChI is InChI=1S/C11H18N2O3/c1-7-4-5-10(16-7)8(2)13-11(14)9(12)6-15-3/h4-5,8-9H,6,12H2,1-3H3,(H,13,14).